The van der Waals surface area contributed by atoms with Crippen LogP contribution in [0.2, 0.25) is 0 Å². The van der Waals surface area contributed by atoms with Crippen LogP contribution in [-0.2, 0) is 14.3 Å². The van der Waals surface area contributed by atoms with Gasteiger partial charge in [0.15, 0.2) is 0 Å². The van der Waals surface area contributed by atoms with Crippen molar-refractivity contribution in [3.05, 3.63) is 72.9 Å². The Hall–Kier alpha value is -2.70. The molecule has 3 atom stereocenters. The molecule has 316 valence electrons. The molecule has 0 rings (SSSR count). The number of nitrogens with one attached hydrogen (secondary N) is 1. The van der Waals surface area contributed by atoms with Crippen LogP contribution in [0.15, 0.2) is 72.9 Å². The molecule has 6 heteroatoms. The summed E-state index contributed by atoms with van der Waals surface area (Å²) in [7, 11) is 0. The molecular weight excluding hydrogens is 683 g/mol. The quantitative estimate of drug-likeness (QED) is 0.0250. The summed E-state index contributed by atoms with van der Waals surface area (Å²) in [6, 6.07) is -0.740. The highest BCUT2D eigenvalue weighted by molar-refractivity contribution is 5.77. The second-order valence-corrected chi connectivity index (χ2v) is 15.2. The van der Waals surface area contributed by atoms with Crippen molar-refractivity contribution in [2.24, 2.45) is 0 Å². The minimum Gasteiger partial charge on any atom is -0.461 e. The van der Waals surface area contributed by atoms with Gasteiger partial charge in [0.2, 0.25) is 5.91 Å². The van der Waals surface area contributed by atoms with Crippen LogP contribution in [0, 0.1) is 0 Å². The van der Waals surface area contributed by atoms with Crippen molar-refractivity contribution in [2.75, 3.05) is 6.61 Å². The molecule has 0 saturated heterocycles. The zero-order valence-electron chi connectivity index (χ0n) is 35.8. The van der Waals surface area contributed by atoms with Crippen molar-refractivity contribution in [3.8, 4) is 0 Å². The fraction of sp³-hybridized carbons (Fsp3) is 0.714. The molecule has 0 aliphatic rings. The third kappa shape index (κ3) is 38.0. The summed E-state index contributed by atoms with van der Waals surface area (Å²) in [5.74, 6) is -0.619. The van der Waals surface area contributed by atoms with Gasteiger partial charge in [-0.15, -0.1) is 0 Å². The van der Waals surface area contributed by atoms with Gasteiger partial charge in [-0.25, -0.2) is 0 Å². The maximum Gasteiger partial charge on any atom is 0.306 e. The molecule has 3 N–H and O–H groups in total. The van der Waals surface area contributed by atoms with Crippen LogP contribution < -0.4 is 5.32 Å². The number of allylic oxidation sites excluding steroid dienone is 11. The lowest BCUT2D eigenvalue weighted by Crippen LogP contribution is -2.46. The van der Waals surface area contributed by atoms with E-state index in [1.165, 1.54) is 109 Å². The Kier molecular flexibility index (Phi) is 40.4. The number of carbonyl (C=O) groups excluding carboxylic acids is 2. The van der Waals surface area contributed by atoms with E-state index in [4.69, 9.17) is 4.74 Å². The summed E-state index contributed by atoms with van der Waals surface area (Å²) in [6.45, 7) is 6.25. The molecule has 0 aliphatic carbocycles. The lowest BCUT2D eigenvalue weighted by Gasteiger charge is -2.24. The molecule has 0 spiro atoms. The topological polar surface area (TPSA) is 95.9 Å². The van der Waals surface area contributed by atoms with E-state index >= 15 is 0 Å². The number of aliphatic hydroxyl groups excluding tert-OH is 2. The molecule has 0 bridgehead atoms. The van der Waals surface area contributed by atoms with Gasteiger partial charge < -0.3 is 20.3 Å². The van der Waals surface area contributed by atoms with Crippen molar-refractivity contribution in [2.45, 2.75) is 219 Å². The van der Waals surface area contributed by atoms with Gasteiger partial charge in [0.05, 0.1) is 25.2 Å². The molecular formula is C49H85NO5. The summed E-state index contributed by atoms with van der Waals surface area (Å²) in [6.07, 6.45) is 52.7. The van der Waals surface area contributed by atoms with E-state index < -0.39 is 18.2 Å². The zero-order chi connectivity index (χ0) is 40.3. The monoisotopic (exact) mass is 768 g/mol. The average Bonchev–Trinajstić information content (AvgIpc) is 3.18. The normalized spacial score (nSPS) is 14.1. The first-order chi connectivity index (χ1) is 27.0. The van der Waals surface area contributed by atoms with Crippen LogP contribution in [0.4, 0.5) is 0 Å². The first-order valence-corrected chi connectivity index (χ1v) is 22.7. The molecule has 0 saturated carbocycles. The van der Waals surface area contributed by atoms with Crippen molar-refractivity contribution in [1.82, 2.24) is 5.32 Å². The minimum absolute atomic E-state index is 0.0225. The summed E-state index contributed by atoms with van der Waals surface area (Å²) >= 11 is 0. The molecule has 1 amide bonds. The molecule has 0 heterocycles. The van der Waals surface area contributed by atoms with E-state index in [1.807, 2.05) is 54.7 Å². The number of aliphatic hydroxyl groups is 2. The smallest absolute Gasteiger partial charge is 0.306 e. The molecule has 0 aliphatic heterocycles. The number of esters is 1. The van der Waals surface area contributed by atoms with Gasteiger partial charge in [-0.1, -0.05) is 209 Å². The highest BCUT2D eigenvalue weighted by atomic mass is 16.5. The molecule has 6 nitrogen and oxygen atoms in total. The second kappa shape index (κ2) is 42.4. The van der Waals surface area contributed by atoms with Crippen LogP contribution in [0.5, 0.6) is 0 Å². The Morgan fingerprint density at radius 1 is 0.564 bits per heavy atom. The molecule has 0 aromatic rings. The number of hydrogen-bond acceptors (Lipinski definition) is 5. The maximum absolute atomic E-state index is 13.1. The number of ether oxygens (including phenoxy) is 1. The van der Waals surface area contributed by atoms with Crippen molar-refractivity contribution in [1.29, 1.82) is 0 Å². The van der Waals surface area contributed by atoms with E-state index in [0.29, 0.717) is 19.3 Å². The molecule has 0 aromatic heterocycles. The summed E-state index contributed by atoms with van der Waals surface area (Å²) in [4.78, 5) is 25.9. The van der Waals surface area contributed by atoms with E-state index in [2.05, 4.69) is 44.3 Å². The third-order valence-electron chi connectivity index (χ3n) is 9.90. The highest BCUT2D eigenvalue weighted by Crippen LogP contribution is 2.15. The second-order valence-electron chi connectivity index (χ2n) is 15.2. The standard InChI is InChI=1S/C49H85NO5/c1-4-7-10-13-16-19-22-23-24-25-27-30-33-36-39-42-49(54)55-45(40-37-34-31-28-26-20-17-14-11-8-5-2)43-48(53)50-46(44-51)47(52)41-38-35-32-29-21-18-15-12-9-6-3/h8,11,14,17,19-20,22,26,28,31,34,37,45-47,51-52H,4-7,9-10,12-13,15-16,18,21,23-25,27,29-30,32-33,35-36,38-44H2,1-3H3,(H,50,53)/b11-8+,17-14+,22-19-,26-20-,31-28-,37-34+. The predicted octanol–water partition coefficient (Wildman–Crippen LogP) is 13.1. The van der Waals surface area contributed by atoms with Gasteiger partial charge in [-0.3, -0.25) is 9.59 Å². The maximum atomic E-state index is 13.1. The fourth-order valence-corrected chi connectivity index (χ4v) is 6.44. The number of carbonyl (C=O) groups is 2. The summed E-state index contributed by atoms with van der Waals surface area (Å²) in [5.41, 5.74) is 0. The van der Waals surface area contributed by atoms with Crippen LogP contribution in [0.3, 0.4) is 0 Å². The van der Waals surface area contributed by atoms with Gasteiger partial charge in [-0.2, -0.15) is 0 Å². The minimum atomic E-state index is -0.818. The lowest BCUT2D eigenvalue weighted by molar-refractivity contribution is -0.150. The lowest BCUT2D eigenvalue weighted by atomic mass is 10.0. The van der Waals surface area contributed by atoms with Crippen LogP contribution in [0.25, 0.3) is 0 Å². The van der Waals surface area contributed by atoms with Crippen LogP contribution in [-0.4, -0.2) is 46.9 Å². The van der Waals surface area contributed by atoms with Crippen molar-refractivity contribution >= 4 is 11.9 Å². The number of hydrogen-bond donors (Lipinski definition) is 3. The first kappa shape index (κ1) is 52.3. The Labute approximate surface area is 339 Å². The predicted molar refractivity (Wildman–Crippen MR) is 236 cm³/mol. The van der Waals surface area contributed by atoms with Gasteiger partial charge >= 0.3 is 5.97 Å². The van der Waals surface area contributed by atoms with Gasteiger partial charge in [-0.05, 0) is 44.9 Å². The van der Waals surface area contributed by atoms with E-state index in [-0.39, 0.29) is 24.9 Å². The van der Waals surface area contributed by atoms with Gasteiger partial charge in [0.1, 0.15) is 6.10 Å². The zero-order valence-corrected chi connectivity index (χ0v) is 35.8. The molecule has 3 unspecified atom stereocenters. The SMILES string of the molecule is CC/C=C/C=C/C=C\C=C/C=C/CC(CC(=O)NC(CO)C(O)CCCCCCCCCCCC)OC(=O)CCCCCCCCC/C=C\CCCCCC. The Bertz CT molecular complexity index is 1040. The Morgan fingerprint density at radius 2 is 1.02 bits per heavy atom. The number of rotatable bonds is 39. The Balaban J connectivity index is 4.72. The number of unbranched alkanes of at least 4 members (excludes halogenated alkanes) is 20. The van der Waals surface area contributed by atoms with Gasteiger partial charge in [0.25, 0.3) is 0 Å². The third-order valence-corrected chi connectivity index (χ3v) is 9.90. The summed E-state index contributed by atoms with van der Waals surface area (Å²) in [5, 5.41) is 23.5. The van der Waals surface area contributed by atoms with Crippen molar-refractivity contribution in [3.63, 3.8) is 0 Å². The summed E-state index contributed by atoms with van der Waals surface area (Å²) < 4.78 is 5.81. The fourth-order valence-electron chi connectivity index (χ4n) is 6.44. The van der Waals surface area contributed by atoms with E-state index in [1.54, 1.807) is 0 Å². The Morgan fingerprint density at radius 3 is 1.55 bits per heavy atom. The number of amides is 1. The van der Waals surface area contributed by atoms with Crippen molar-refractivity contribution < 1.29 is 24.5 Å². The van der Waals surface area contributed by atoms with E-state index in [9.17, 15) is 19.8 Å². The largest absolute Gasteiger partial charge is 0.461 e. The molecule has 55 heavy (non-hydrogen) atoms. The average molecular weight is 768 g/mol. The van der Waals surface area contributed by atoms with Crippen LogP contribution in [0.1, 0.15) is 201 Å². The van der Waals surface area contributed by atoms with Crippen LogP contribution >= 0.6 is 0 Å². The molecule has 0 fully saturated rings. The van der Waals surface area contributed by atoms with Gasteiger partial charge in [0, 0.05) is 12.8 Å². The highest BCUT2D eigenvalue weighted by Gasteiger charge is 2.23. The molecule has 0 aromatic carbocycles. The van der Waals surface area contributed by atoms with E-state index in [0.717, 1.165) is 44.9 Å². The first-order valence-electron chi connectivity index (χ1n) is 22.7. The molecule has 0 radical (unpaired) electrons.